The number of barbiturate groups is 1. The van der Waals surface area contributed by atoms with Crippen LogP contribution in [0.4, 0.5) is 10.5 Å². The van der Waals surface area contributed by atoms with Crippen LogP contribution in [0.25, 0.3) is 6.08 Å². The first-order valence-corrected chi connectivity index (χ1v) is 11.7. The Morgan fingerprint density at radius 2 is 1.77 bits per heavy atom. The van der Waals surface area contributed by atoms with Gasteiger partial charge in [0.15, 0.2) is 11.5 Å². The summed E-state index contributed by atoms with van der Waals surface area (Å²) in [6, 6.07) is 16.0. The van der Waals surface area contributed by atoms with Gasteiger partial charge in [-0.05, 0) is 59.7 Å². The normalized spacial score (nSPS) is 14.8. The molecule has 4 rings (SSSR count). The average molecular weight is 576 g/mol. The van der Waals surface area contributed by atoms with Crippen LogP contribution in [0.3, 0.4) is 0 Å². The molecule has 0 atom stereocenters. The summed E-state index contributed by atoms with van der Waals surface area (Å²) in [5.41, 5.74) is 1.30. The molecule has 1 N–H and O–H groups in total. The zero-order valence-electron chi connectivity index (χ0n) is 18.2. The molecule has 7 nitrogen and oxygen atoms in total. The number of ether oxygens (including phenoxy) is 2. The van der Waals surface area contributed by atoms with E-state index in [0.29, 0.717) is 22.1 Å². The number of nitrogens with one attached hydrogen (secondary N) is 1. The maximum absolute atomic E-state index is 13.1. The Morgan fingerprint density at radius 3 is 2.46 bits per heavy atom. The molecule has 0 unspecified atom stereocenters. The number of hydrogen-bond donors (Lipinski definition) is 1. The molecule has 35 heavy (non-hydrogen) atoms. The van der Waals surface area contributed by atoms with Crippen LogP contribution in [0.15, 0.2) is 70.7 Å². The van der Waals surface area contributed by atoms with E-state index >= 15 is 0 Å². The largest absolute Gasteiger partial charge is 0.493 e. The zero-order chi connectivity index (χ0) is 25.1. The molecule has 0 spiro atoms. The van der Waals surface area contributed by atoms with Crippen molar-refractivity contribution < 1.29 is 23.9 Å². The Balaban J connectivity index is 1.64. The lowest BCUT2D eigenvalue weighted by Crippen LogP contribution is -2.54. The number of halogens is 3. The molecule has 1 aliphatic rings. The Bertz CT molecular complexity index is 1360. The van der Waals surface area contributed by atoms with E-state index in [1.165, 1.54) is 31.4 Å². The fourth-order valence-electron chi connectivity index (χ4n) is 3.37. The average Bonchev–Trinajstić information content (AvgIpc) is 2.82. The molecule has 3 aromatic rings. The molecule has 0 saturated carbocycles. The van der Waals surface area contributed by atoms with E-state index in [1.807, 2.05) is 24.3 Å². The van der Waals surface area contributed by atoms with E-state index in [4.69, 9.17) is 32.7 Å². The van der Waals surface area contributed by atoms with Crippen LogP contribution in [0.2, 0.25) is 10.0 Å². The molecule has 0 bridgehead atoms. The van der Waals surface area contributed by atoms with E-state index in [0.717, 1.165) is 14.9 Å². The summed E-state index contributed by atoms with van der Waals surface area (Å²) in [5.74, 6) is -1.00. The van der Waals surface area contributed by atoms with E-state index in [9.17, 15) is 14.4 Å². The minimum absolute atomic E-state index is 0.222. The second-order valence-electron chi connectivity index (χ2n) is 7.39. The molecule has 1 saturated heterocycles. The smallest absolute Gasteiger partial charge is 0.335 e. The van der Waals surface area contributed by atoms with Gasteiger partial charge in [0, 0.05) is 9.50 Å². The van der Waals surface area contributed by atoms with Crippen LogP contribution < -0.4 is 19.7 Å². The number of benzene rings is 3. The second-order valence-corrected chi connectivity index (χ2v) is 9.15. The molecule has 10 heteroatoms. The minimum atomic E-state index is -0.869. The number of carbonyl (C=O) groups excluding carboxylic acids is 3. The first-order valence-electron chi connectivity index (χ1n) is 10.2. The summed E-state index contributed by atoms with van der Waals surface area (Å²) in [4.78, 5) is 38.8. The van der Waals surface area contributed by atoms with Crippen molar-refractivity contribution in [2.24, 2.45) is 0 Å². The Hall–Kier alpha value is -3.33. The summed E-state index contributed by atoms with van der Waals surface area (Å²) in [6.07, 6.45) is 1.33. The molecule has 4 amide bonds. The maximum atomic E-state index is 13.1. The molecule has 3 aromatic carbocycles. The predicted octanol–water partition coefficient (Wildman–Crippen LogP) is 6.01. The lowest BCUT2D eigenvalue weighted by molar-refractivity contribution is -0.122. The fraction of sp³-hybridized carbons (Fsp3) is 0.0800. The molecular weight excluding hydrogens is 559 g/mol. The van der Waals surface area contributed by atoms with Crippen LogP contribution in [0.1, 0.15) is 11.1 Å². The van der Waals surface area contributed by atoms with Gasteiger partial charge in [-0.2, -0.15) is 0 Å². The second kappa shape index (κ2) is 10.5. The van der Waals surface area contributed by atoms with E-state index in [-0.39, 0.29) is 22.9 Å². The number of rotatable bonds is 6. The Kier molecular flexibility index (Phi) is 7.45. The van der Waals surface area contributed by atoms with Gasteiger partial charge in [-0.15, -0.1) is 0 Å². The summed E-state index contributed by atoms with van der Waals surface area (Å²) in [7, 11) is 1.45. The third kappa shape index (κ3) is 5.51. The number of hydrogen-bond acceptors (Lipinski definition) is 5. The molecule has 0 aliphatic carbocycles. The molecule has 1 fully saturated rings. The summed E-state index contributed by atoms with van der Waals surface area (Å²) in [6.45, 7) is 0.251. The van der Waals surface area contributed by atoms with Gasteiger partial charge in [-0.25, -0.2) is 9.69 Å². The van der Waals surface area contributed by atoms with Gasteiger partial charge in [-0.1, -0.05) is 57.3 Å². The Morgan fingerprint density at radius 1 is 1.03 bits per heavy atom. The van der Waals surface area contributed by atoms with Crippen molar-refractivity contribution in [3.8, 4) is 11.5 Å². The van der Waals surface area contributed by atoms with Crippen molar-refractivity contribution in [2.75, 3.05) is 12.0 Å². The van der Waals surface area contributed by atoms with Gasteiger partial charge in [0.05, 0.1) is 17.8 Å². The number of methoxy groups -OCH3 is 1. The summed E-state index contributed by atoms with van der Waals surface area (Å²) < 4.78 is 12.2. The first kappa shape index (κ1) is 24.8. The van der Waals surface area contributed by atoms with Gasteiger partial charge < -0.3 is 9.47 Å². The quantitative estimate of drug-likeness (QED) is 0.287. The van der Waals surface area contributed by atoms with Gasteiger partial charge in [0.25, 0.3) is 11.8 Å². The van der Waals surface area contributed by atoms with E-state index in [2.05, 4.69) is 21.2 Å². The first-order chi connectivity index (χ1) is 16.8. The number of imide groups is 2. The van der Waals surface area contributed by atoms with Crippen LogP contribution in [-0.2, 0) is 16.2 Å². The van der Waals surface area contributed by atoms with Gasteiger partial charge in [-0.3, -0.25) is 14.9 Å². The summed E-state index contributed by atoms with van der Waals surface area (Å²) in [5, 5.41) is 2.72. The number of anilines is 1. The van der Waals surface area contributed by atoms with Crippen molar-refractivity contribution in [1.29, 1.82) is 0 Å². The minimum Gasteiger partial charge on any atom is -0.493 e. The maximum Gasteiger partial charge on any atom is 0.335 e. The highest BCUT2D eigenvalue weighted by molar-refractivity contribution is 9.10. The van der Waals surface area contributed by atoms with Crippen molar-refractivity contribution in [3.63, 3.8) is 0 Å². The highest BCUT2D eigenvalue weighted by Crippen LogP contribution is 2.38. The standard InChI is InChI=1S/C25H17BrCl2N2O5/c1-34-21-11-15(10-20(28)22(21)35-13-14-5-7-16(26)8-6-14)9-19-23(31)29-25(33)30(24(19)32)18-4-2-3-17(27)12-18/h2-12H,13H2,1H3,(H,29,31,33)/b19-9+. The predicted molar refractivity (Wildman–Crippen MR) is 137 cm³/mol. The number of amides is 4. The third-order valence-electron chi connectivity index (χ3n) is 5.03. The Labute approximate surface area is 219 Å². The molecule has 178 valence electrons. The number of urea groups is 1. The van der Waals surface area contributed by atoms with Crippen LogP contribution in [0, 0.1) is 0 Å². The van der Waals surface area contributed by atoms with E-state index < -0.39 is 17.8 Å². The monoisotopic (exact) mass is 574 g/mol. The van der Waals surface area contributed by atoms with Gasteiger partial charge in [0.2, 0.25) is 0 Å². The fourth-order valence-corrected chi connectivity index (χ4v) is 4.10. The molecular formula is C25H17BrCl2N2O5. The number of carbonyl (C=O) groups is 3. The van der Waals surface area contributed by atoms with E-state index in [1.54, 1.807) is 18.2 Å². The molecule has 0 radical (unpaired) electrons. The highest BCUT2D eigenvalue weighted by atomic mass is 79.9. The third-order valence-corrected chi connectivity index (χ3v) is 6.07. The lowest BCUT2D eigenvalue weighted by atomic mass is 10.1. The molecule has 1 heterocycles. The van der Waals surface area contributed by atoms with Gasteiger partial charge in [0.1, 0.15) is 12.2 Å². The number of nitrogens with zero attached hydrogens (tertiary/aromatic N) is 1. The zero-order valence-corrected chi connectivity index (χ0v) is 21.3. The van der Waals surface area contributed by atoms with Crippen LogP contribution >= 0.6 is 39.1 Å². The van der Waals surface area contributed by atoms with Gasteiger partial charge >= 0.3 is 6.03 Å². The van der Waals surface area contributed by atoms with Crippen LogP contribution in [-0.4, -0.2) is 25.0 Å². The molecule has 0 aromatic heterocycles. The highest BCUT2D eigenvalue weighted by Gasteiger charge is 2.37. The van der Waals surface area contributed by atoms with Crippen LogP contribution in [0.5, 0.6) is 11.5 Å². The molecule has 1 aliphatic heterocycles. The van der Waals surface area contributed by atoms with Crippen molar-refractivity contribution in [3.05, 3.63) is 91.9 Å². The lowest BCUT2D eigenvalue weighted by Gasteiger charge is -2.26. The summed E-state index contributed by atoms with van der Waals surface area (Å²) >= 11 is 15.8. The topological polar surface area (TPSA) is 84.9 Å². The SMILES string of the molecule is COc1cc(/C=C2\C(=O)NC(=O)N(c3cccc(Cl)c3)C2=O)cc(Cl)c1OCc1ccc(Br)cc1. The van der Waals surface area contributed by atoms with Crippen molar-refractivity contribution in [1.82, 2.24) is 5.32 Å². The van der Waals surface area contributed by atoms with Crippen molar-refractivity contribution >= 4 is 68.7 Å². The van der Waals surface area contributed by atoms with Crippen molar-refractivity contribution in [2.45, 2.75) is 6.61 Å².